The molecular weight excluding hydrogens is 198 g/mol. The molecule has 0 aliphatic rings. The van der Waals surface area contributed by atoms with Gasteiger partial charge in [0.15, 0.2) is 5.82 Å². The van der Waals surface area contributed by atoms with Crippen molar-refractivity contribution in [1.82, 2.24) is 25.1 Å². The molecule has 1 N–H and O–H groups in total. The van der Waals surface area contributed by atoms with Crippen LogP contribution in [-0.4, -0.2) is 26.4 Å². The maximum absolute atomic E-state index is 4.44. The van der Waals surface area contributed by atoms with Gasteiger partial charge in [0.1, 0.15) is 5.01 Å². The van der Waals surface area contributed by atoms with Crippen molar-refractivity contribution in [3.05, 3.63) is 10.8 Å². The molecule has 2 aromatic rings. The molecule has 1 unspecified atom stereocenters. The van der Waals surface area contributed by atoms with E-state index in [0.717, 1.165) is 22.3 Å². The average molecular weight is 211 g/mol. The van der Waals surface area contributed by atoms with E-state index in [4.69, 9.17) is 0 Å². The van der Waals surface area contributed by atoms with Gasteiger partial charge in [0, 0.05) is 0 Å². The zero-order chi connectivity index (χ0) is 10.1. The van der Waals surface area contributed by atoms with Crippen molar-refractivity contribution < 1.29 is 0 Å². The number of nitrogens with zero attached hydrogens (tertiary/aromatic N) is 4. The predicted molar refractivity (Wildman–Crippen MR) is 55.5 cm³/mol. The van der Waals surface area contributed by atoms with E-state index in [1.165, 1.54) is 0 Å². The van der Waals surface area contributed by atoms with Gasteiger partial charge < -0.3 is 5.32 Å². The molecule has 0 amide bonds. The summed E-state index contributed by atoms with van der Waals surface area (Å²) < 4.78 is 1.79. The highest BCUT2D eigenvalue weighted by molar-refractivity contribution is 7.16. The van der Waals surface area contributed by atoms with Crippen molar-refractivity contribution in [3.8, 4) is 0 Å². The fraction of sp³-hybridized carbons (Fsp3) is 0.625. The molecule has 2 aromatic heterocycles. The van der Waals surface area contributed by atoms with Gasteiger partial charge in [0.2, 0.25) is 4.96 Å². The third-order valence-electron chi connectivity index (χ3n) is 2.04. The first-order valence-electron chi connectivity index (χ1n) is 4.64. The van der Waals surface area contributed by atoms with E-state index in [1.807, 2.05) is 6.92 Å². The first-order chi connectivity index (χ1) is 6.72. The zero-order valence-electron chi connectivity index (χ0n) is 8.48. The van der Waals surface area contributed by atoms with Gasteiger partial charge in [-0.1, -0.05) is 18.3 Å². The van der Waals surface area contributed by atoms with Crippen LogP contribution in [-0.2, 0) is 0 Å². The highest BCUT2D eigenvalue weighted by Crippen LogP contribution is 2.19. The molecule has 0 spiro atoms. The van der Waals surface area contributed by atoms with Crippen LogP contribution >= 0.6 is 11.3 Å². The Morgan fingerprint density at radius 1 is 1.50 bits per heavy atom. The summed E-state index contributed by atoms with van der Waals surface area (Å²) in [4.78, 5) is 0.863. The molecule has 2 heterocycles. The minimum absolute atomic E-state index is 0.283. The van der Waals surface area contributed by atoms with Gasteiger partial charge in [0.25, 0.3) is 0 Å². The third kappa shape index (κ3) is 1.51. The summed E-state index contributed by atoms with van der Waals surface area (Å²) in [6.07, 6.45) is 0. The summed E-state index contributed by atoms with van der Waals surface area (Å²) in [6, 6.07) is 0.283. The first-order valence-corrected chi connectivity index (χ1v) is 5.46. The minimum atomic E-state index is 0.283. The van der Waals surface area contributed by atoms with Crippen molar-refractivity contribution in [2.24, 2.45) is 0 Å². The van der Waals surface area contributed by atoms with Crippen molar-refractivity contribution in [2.45, 2.75) is 26.8 Å². The van der Waals surface area contributed by atoms with E-state index >= 15 is 0 Å². The molecule has 0 aromatic carbocycles. The zero-order valence-corrected chi connectivity index (χ0v) is 9.30. The second-order valence-electron chi connectivity index (χ2n) is 3.16. The number of rotatable bonds is 3. The second-order valence-corrected chi connectivity index (χ2v) is 4.15. The standard InChI is InChI=1S/C8H13N5S/c1-4-9-5(2)7-12-13-6(3)10-11-8(13)14-7/h5,9H,4H2,1-3H3. The Labute approximate surface area is 86.2 Å². The lowest BCUT2D eigenvalue weighted by molar-refractivity contribution is 0.585. The van der Waals surface area contributed by atoms with Crippen molar-refractivity contribution in [1.29, 1.82) is 0 Å². The summed E-state index contributed by atoms with van der Waals surface area (Å²) in [5.41, 5.74) is 0. The van der Waals surface area contributed by atoms with Crippen LogP contribution in [0.5, 0.6) is 0 Å². The van der Waals surface area contributed by atoms with Crippen LogP contribution in [0.2, 0.25) is 0 Å². The molecule has 0 bridgehead atoms. The Balaban J connectivity index is 2.35. The van der Waals surface area contributed by atoms with Crippen LogP contribution in [0.3, 0.4) is 0 Å². The number of nitrogens with one attached hydrogen (secondary N) is 1. The molecule has 0 fully saturated rings. The maximum Gasteiger partial charge on any atom is 0.234 e. The van der Waals surface area contributed by atoms with Crippen LogP contribution in [0.25, 0.3) is 4.96 Å². The molecule has 1 atom stereocenters. The topological polar surface area (TPSA) is 55.1 Å². The highest BCUT2D eigenvalue weighted by atomic mass is 32.1. The Morgan fingerprint density at radius 3 is 2.93 bits per heavy atom. The van der Waals surface area contributed by atoms with Crippen LogP contribution < -0.4 is 5.32 Å². The second kappa shape index (κ2) is 3.62. The third-order valence-corrected chi connectivity index (χ3v) is 3.12. The van der Waals surface area contributed by atoms with Gasteiger partial charge in [0.05, 0.1) is 6.04 Å². The number of fused-ring (bicyclic) bond motifs is 1. The predicted octanol–water partition coefficient (Wildman–Crippen LogP) is 1.16. The van der Waals surface area contributed by atoms with E-state index in [1.54, 1.807) is 15.9 Å². The van der Waals surface area contributed by atoms with E-state index in [-0.39, 0.29) is 6.04 Å². The smallest absolute Gasteiger partial charge is 0.234 e. The monoisotopic (exact) mass is 211 g/mol. The van der Waals surface area contributed by atoms with E-state index < -0.39 is 0 Å². The Hall–Kier alpha value is -1.01. The maximum atomic E-state index is 4.44. The Morgan fingerprint density at radius 2 is 2.29 bits per heavy atom. The van der Waals surface area contributed by atoms with Gasteiger partial charge in [-0.2, -0.15) is 9.61 Å². The number of aromatic nitrogens is 4. The molecule has 6 heteroatoms. The van der Waals surface area contributed by atoms with E-state index in [9.17, 15) is 0 Å². The van der Waals surface area contributed by atoms with Gasteiger partial charge in [-0.3, -0.25) is 0 Å². The van der Waals surface area contributed by atoms with E-state index in [2.05, 4.69) is 34.5 Å². The summed E-state index contributed by atoms with van der Waals surface area (Å²) >= 11 is 1.58. The molecule has 76 valence electrons. The molecule has 2 rings (SSSR count). The van der Waals surface area contributed by atoms with Crippen LogP contribution in [0.15, 0.2) is 0 Å². The molecule has 0 radical (unpaired) electrons. The molecule has 5 nitrogen and oxygen atoms in total. The SMILES string of the molecule is CCNC(C)c1nn2c(C)nnc2s1. The largest absolute Gasteiger partial charge is 0.308 e. The molecule has 0 saturated carbocycles. The lowest BCUT2D eigenvalue weighted by atomic mass is 10.3. The van der Waals surface area contributed by atoms with Gasteiger partial charge in [-0.25, -0.2) is 0 Å². The summed E-state index contributed by atoms with van der Waals surface area (Å²) in [5, 5.41) is 16.8. The lowest BCUT2D eigenvalue weighted by Crippen LogP contribution is -2.17. The van der Waals surface area contributed by atoms with E-state index in [0.29, 0.717) is 0 Å². The minimum Gasteiger partial charge on any atom is -0.308 e. The summed E-state index contributed by atoms with van der Waals surface area (Å²) in [5.74, 6) is 0.839. The molecular formula is C8H13N5S. The van der Waals surface area contributed by atoms with Gasteiger partial charge >= 0.3 is 0 Å². The average Bonchev–Trinajstić information content (AvgIpc) is 2.69. The Kier molecular flexibility index (Phi) is 2.47. The Bertz CT molecular complexity index is 432. The quantitative estimate of drug-likeness (QED) is 0.828. The molecule has 14 heavy (non-hydrogen) atoms. The summed E-state index contributed by atoms with van der Waals surface area (Å²) in [6.45, 7) is 7.04. The molecule has 0 aliphatic heterocycles. The number of hydrogen-bond donors (Lipinski definition) is 1. The van der Waals surface area contributed by atoms with Gasteiger partial charge in [-0.15, -0.1) is 10.2 Å². The number of hydrogen-bond acceptors (Lipinski definition) is 5. The summed E-state index contributed by atoms with van der Waals surface area (Å²) in [7, 11) is 0. The fourth-order valence-corrected chi connectivity index (χ4v) is 2.21. The van der Waals surface area contributed by atoms with Crippen molar-refractivity contribution >= 4 is 16.3 Å². The van der Waals surface area contributed by atoms with Crippen molar-refractivity contribution in [3.63, 3.8) is 0 Å². The highest BCUT2D eigenvalue weighted by Gasteiger charge is 2.12. The first kappa shape index (κ1) is 9.54. The van der Waals surface area contributed by atoms with Crippen molar-refractivity contribution in [2.75, 3.05) is 6.54 Å². The van der Waals surface area contributed by atoms with Crippen LogP contribution in [0.1, 0.15) is 30.7 Å². The van der Waals surface area contributed by atoms with Crippen LogP contribution in [0.4, 0.5) is 0 Å². The molecule has 0 aliphatic carbocycles. The number of aryl methyl sites for hydroxylation is 1. The lowest BCUT2D eigenvalue weighted by Gasteiger charge is -2.06. The fourth-order valence-electron chi connectivity index (χ4n) is 1.30. The molecule has 0 saturated heterocycles. The normalized spacial score (nSPS) is 13.6. The van der Waals surface area contributed by atoms with Gasteiger partial charge in [-0.05, 0) is 20.4 Å². The van der Waals surface area contributed by atoms with Crippen LogP contribution in [0, 0.1) is 6.92 Å².